The third-order valence-corrected chi connectivity index (χ3v) is 14.8. The van der Waals surface area contributed by atoms with Crippen molar-refractivity contribution in [3.8, 4) is 0 Å². The van der Waals surface area contributed by atoms with E-state index in [4.69, 9.17) is 9.72 Å². The number of nitrogens with one attached hydrogen (secondary N) is 3. The fourth-order valence-electron chi connectivity index (χ4n) is 11.0. The van der Waals surface area contributed by atoms with Gasteiger partial charge in [0.05, 0.1) is 34.9 Å². The van der Waals surface area contributed by atoms with Gasteiger partial charge in [-0.1, -0.05) is 12.8 Å². The molecule has 3 N–H and O–H groups in total. The summed E-state index contributed by atoms with van der Waals surface area (Å²) < 4.78 is 22.2. The van der Waals surface area contributed by atoms with Crippen molar-refractivity contribution in [3.63, 3.8) is 0 Å². The number of rotatable bonds is 12. The number of likely N-dealkylation sites (tertiary alicyclic amines) is 1. The van der Waals surface area contributed by atoms with Gasteiger partial charge in [0.1, 0.15) is 23.8 Å². The molecule has 5 fully saturated rings. The first-order valence-electron chi connectivity index (χ1n) is 23.8. The van der Waals surface area contributed by atoms with Crippen LogP contribution in [0.25, 0.3) is 10.9 Å². The highest BCUT2D eigenvalue weighted by Crippen LogP contribution is 2.36. The smallest absolute Gasteiger partial charge is 0.262 e. The molecule has 66 heavy (non-hydrogen) atoms. The zero-order valence-corrected chi connectivity index (χ0v) is 37.4. The Balaban J connectivity index is 0.709. The van der Waals surface area contributed by atoms with Gasteiger partial charge in [-0.3, -0.25) is 34.2 Å². The van der Waals surface area contributed by atoms with Crippen LogP contribution in [0.1, 0.15) is 114 Å². The number of halogens is 1. The number of carbonyl (C=O) groups excluding carboxylic acids is 5. The number of pyridine rings is 1. The second-order valence-corrected chi connectivity index (χ2v) is 18.9. The minimum absolute atomic E-state index is 0.0701. The summed E-state index contributed by atoms with van der Waals surface area (Å²) in [5.74, 6) is 0.145. The van der Waals surface area contributed by atoms with Gasteiger partial charge in [0.2, 0.25) is 17.8 Å². The molecule has 348 valence electrons. The second-order valence-electron chi connectivity index (χ2n) is 18.9. The minimum Gasteiger partial charge on any atom is -0.378 e. The maximum atomic E-state index is 14.7. The van der Waals surface area contributed by atoms with Crippen molar-refractivity contribution in [1.82, 2.24) is 40.0 Å². The average molecular weight is 904 g/mol. The molecule has 1 unspecified atom stereocenters. The predicted molar refractivity (Wildman–Crippen MR) is 245 cm³/mol. The Morgan fingerprint density at radius 1 is 0.864 bits per heavy atom. The number of amides is 5. The molecule has 1 aromatic carbocycles. The Kier molecular flexibility index (Phi) is 12.4. The number of aromatic nitrogens is 4. The molecule has 8 heterocycles. The summed E-state index contributed by atoms with van der Waals surface area (Å²) >= 11 is 0. The van der Waals surface area contributed by atoms with Gasteiger partial charge < -0.3 is 34.6 Å². The van der Waals surface area contributed by atoms with Crippen LogP contribution >= 0.6 is 0 Å². The van der Waals surface area contributed by atoms with Gasteiger partial charge >= 0.3 is 0 Å². The molecule has 3 aromatic heterocycles. The van der Waals surface area contributed by atoms with Crippen molar-refractivity contribution >= 4 is 63.7 Å². The monoisotopic (exact) mass is 903 g/mol. The number of hydrogen-bond donors (Lipinski definition) is 3. The van der Waals surface area contributed by atoms with E-state index in [9.17, 15) is 28.4 Å². The van der Waals surface area contributed by atoms with Crippen molar-refractivity contribution in [2.75, 3.05) is 68.0 Å². The molecule has 10 rings (SSSR count). The fourth-order valence-corrected chi connectivity index (χ4v) is 11.0. The third-order valence-electron chi connectivity index (χ3n) is 14.8. The van der Waals surface area contributed by atoms with Crippen molar-refractivity contribution in [2.24, 2.45) is 5.92 Å². The molecule has 6 aliphatic rings. The van der Waals surface area contributed by atoms with E-state index in [0.717, 1.165) is 112 Å². The van der Waals surface area contributed by atoms with Crippen LogP contribution in [-0.2, 0) is 14.3 Å². The van der Waals surface area contributed by atoms with Crippen LogP contribution in [0.3, 0.4) is 0 Å². The maximum absolute atomic E-state index is 14.7. The summed E-state index contributed by atoms with van der Waals surface area (Å²) in [6, 6.07) is 8.53. The molecule has 5 aliphatic heterocycles. The molecule has 3 atom stereocenters. The number of anilines is 4. The summed E-state index contributed by atoms with van der Waals surface area (Å²) in [6.07, 6.45) is 14.1. The van der Waals surface area contributed by atoms with E-state index in [1.54, 1.807) is 30.6 Å². The normalized spacial score (nSPS) is 23.8. The molecule has 4 saturated heterocycles. The van der Waals surface area contributed by atoms with Crippen LogP contribution in [0, 0.1) is 5.92 Å². The Labute approximate surface area is 382 Å². The average Bonchev–Trinajstić information content (AvgIpc) is 4.06. The van der Waals surface area contributed by atoms with Gasteiger partial charge in [-0.25, -0.2) is 14.4 Å². The Bertz CT molecular complexity index is 2510. The number of fused-ring (bicyclic) bond motifs is 2. The summed E-state index contributed by atoms with van der Waals surface area (Å²) in [6.45, 7) is 5.32. The molecular weight excluding hydrogens is 846 g/mol. The van der Waals surface area contributed by atoms with Crippen LogP contribution in [0.2, 0.25) is 0 Å². The number of ether oxygens (including phenoxy) is 1. The van der Waals surface area contributed by atoms with E-state index >= 15 is 0 Å². The summed E-state index contributed by atoms with van der Waals surface area (Å²) in [7, 11) is 1.54. The van der Waals surface area contributed by atoms with Crippen molar-refractivity contribution < 1.29 is 33.1 Å². The lowest BCUT2D eigenvalue weighted by molar-refractivity contribution is -0.136. The zero-order chi connectivity index (χ0) is 45.5. The fraction of sp³-hybridized carbons (Fsp3) is 0.542. The molecule has 4 aromatic rings. The molecule has 1 saturated carbocycles. The summed E-state index contributed by atoms with van der Waals surface area (Å²) in [4.78, 5) is 86.2. The van der Waals surface area contributed by atoms with Gasteiger partial charge in [0.25, 0.3) is 17.7 Å². The lowest BCUT2D eigenvalue weighted by Gasteiger charge is -2.36. The zero-order valence-electron chi connectivity index (χ0n) is 37.4. The van der Waals surface area contributed by atoms with Crippen molar-refractivity contribution in [2.45, 2.75) is 107 Å². The Morgan fingerprint density at radius 3 is 2.39 bits per heavy atom. The molecule has 0 spiro atoms. The molecular formula is C48H58FN11O6. The van der Waals surface area contributed by atoms with Crippen LogP contribution in [0.4, 0.5) is 27.7 Å². The topological polar surface area (TPSA) is 187 Å². The number of nitrogens with zero attached hydrogens (tertiary/aromatic N) is 8. The van der Waals surface area contributed by atoms with E-state index in [-0.39, 0.29) is 31.3 Å². The highest BCUT2D eigenvalue weighted by molar-refractivity contribution is 6.23. The number of piperidine rings is 4. The first kappa shape index (κ1) is 43.9. The van der Waals surface area contributed by atoms with Crippen molar-refractivity contribution in [3.05, 3.63) is 65.6 Å². The molecule has 18 heteroatoms. The second kappa shape index (κ2) is 18.7. The molecule has 5 amide bonds. The van der Waals surface area contributed by atoms with E-state index in [1.165, 1.54) is 7.11 Å². The number of carbonyl (C=O) groups is 5. The van der Waals surface area contributed by atoms with E-state index in [0.29, 0.717) is 59.2 Å². The number of imide groups is 2. The largest absolute Gasteiger partial charge is 0.378 e. The van der Waals surface area contributed by atoms with E-state index in [2.05, 4.69) is 40.3 Å². The maximum Gasteiger partial charge on any atom is 0.262 e. The first-order valence-corrected chi connectivity index (χ1v) is 23.8. The quantitative estimate of drug-likeness (QED) is 0.159. The molecule has 0 bridgehead atoms. The van der Waals surface area contributed by atoms with Gasteiger partial charge in [-0.2, -0.15) is 4.98 Å². The lowest BCUT2D eigenvalue weighted by Crippen LogP contribution is -2.54. The van der Waals surface area contributed by atoms with Crippen molar-refractivity contribution in [1.29, 1.82) is 0 Å². The van der Waals surface area contributed by atoms with Gasteiger partial charge in [-0.15, -0.1) is 0 Å². The number of benzene rings is 1. The first-order chi connectivity index (χ1) is 32.1. The molecule has 17 nitrogen and oxygen atoms in total. The van der Waals surface area contributed by atoms with Gasteiger partial charge in [-0.05, 0) is 94.5 Å². The number of methoxy groups -OCH3 is 1. The minimum atomic E-state index is -1.12. The Hall–Kier alpha value is -6.01. The van der Waals surface area contributed by atoms with Crippen LogP contribution in [0.5, 0.6) is 0 Å². The molecule has 0 radical (unpaired) electrons. The van der Waals surface area contributed by atoms with E-state index < -0.39 is 41.9 Å². The SMILES string of the molecule is CO[C@@H]1CCN(c2nccc(Nc3cc4c(cn3)c(C(=O)NC3CCN(CCC5CCN(c6ccc7c(c6)C(=O)N(C6CCC(=O)NC6=O)C7=O)CC5)CC3)cn4C3CCCC3)n2)C[C@@H]1F. The standard InChI is InChI=1S/C48H58FN11O6/c1-66-40-16-23-58(28-37(40)49)48-50-17-10-41(54-48)53-42-25-39-35(26-51-42)36(27-59(39)31-4-2-3-5-31)44(62)52-30-14-19-56(20-15-30)18-11-29-12-21-57(22-13-29)32-6-7-33-34(24-32)47(65)60(46(33)64)38-8-9-43(61)55-45(38)63/h6-7,10,17,24-27,29-31,37-38,40H,2-5,8-9,11-16,18-23,28H2,1H3,(H,52,62)(H,55,61,63)(H,50,51,53,54)/t37-,38?,40+/m0/s1. The third kappa shape index (κ3) is 8.84. The van der Waals surface area contributed by atoms with Gasteiger partial charge in [0, 0.05) is 94.1 Å². The highest BCUT2D eigenvalue weighted by atomic mass is 19.1. The lowest BCUT2D eigenvalue weighted by atomic mass is 9.92. The van der Waals surface area contributed by atoms with Gasteiger partial charge in [0.15, 0.2) is 0 Å². The number of hydrogen-bond acceptors (Lipinski definition) is 13. The predicted octanol–water partition coefficient (Wildman–Crippen LogP) is 5.15. The van der Waals surface area contributed by atoms with E-state index in [1.807, 2.05) is 23.2 Å². The van der Waals surface area contributed by atoms with Crippen LogP contribution in [0.15, 0.2) is 48.9 Å². The summed E-state index contributed by atoms with van der Waals surface area (Å²) in [5.41, 5.74) is 3.10. The Morgan fingerprint density at radius 2 is 1.64 bits per heavy atom. The molecule has 1 aliphatic carbocycles. The number of alkyl halides is 1. The summed E-state index contributed by atoms with van der Waals surface area (Å²) in [5, 5.41) is 9.77. The van der Waals surface area contributed by atoms with Crippen LogP contribution in [-0.4, -0.2) is 136 Å². The van der Waals surface area contributed by atoms with Crippen LogP contribution < -0.4 is 25.8 Å². The highest BCUT2D eigenvalue weighted by Gasteiger charge is 2.45.